The van der Waals surface area contributed by atoms with Crippen LogP contribution in [-0.2, 0) is 0 Å². The van der Waals surface area contributed by atoms with Crippen LogP contribution >= 0.6 is 0 Å². The molecule has 1 unspecified atom stereocenters. The van der Waals surface area contributed by atoms with Crippen LogP contribution in [0.25, 0.3) is 0 Å². The molecule has 1 heterocycles. The summed E-state index contributed by atoms with van der Waals surface area (Å²) in [5.41, 5.74) is 2.02. The van der Waals surface area contributed by atoms with Crippen LogP contribution in [0, 0.1) is 12.7 Å². The number of amides is 1. The molecule has 1 atom stereocenters. The van der Waals surface area contributed by atoms with Gasteiger partial charge in [0.15, 0.2) is 0 Å². The van der Waals surface area contributed by atoms with Gasteiger partial charge < -0.3 is 15.0 Å². The third kappa shape index (κ3) is 3.92. The van der Waals surface area contributed by atoms with Crippen LogP contribution in [0.2, 0.25) is 0 Å². The fourth-order valence-electron chi connectivity index (χ4n) is 3.26. The molecular formula is C20H23FN2O2. The predicted octanol–water partition coefficient (Wildman–Crippen LogP) is 3.54. The van der Waals surface area contributed by atoms with E-state index in [-0.39, 0.29) is 17.8 Å². The number of benzene rings is 2. The lowest BCUT2D eigenvalue weighted by Gasteiger charge is -2.35. The van der Waals surface area contributed by atoms with Crippen LogP contribution in [0.1, 0.15) is 28.8 Å². The molecule has 0 aromatic heterocycles. The van der Waals surface area contributed by atoms with Gasteiger partial charge in [0, 0.05) is 24.7 Å². The van der Waals surface area contributed by atoms with Gasteiger partial charge >= 0.3 is 0 Å². The van der Waals surface area contributed by atoms with Crippen molar-refractivity contribution in [3.8, 4) is 5.75 Å². The number of aryl methyl sites for hydroxylation is 1. The van der Waals surface area contributed by atoms with Crippen LogP contribution in [0.15, 0.2) is 42.5 Å². The first kappa shape index (κ1) is 17.3. The third-order valence-corrected chi connectivity index (χ3v) is 4.60. The number of hydrogen-bond acceptors (Lipinski definition) is 3. The zero-order valence-corrected chi connectivity index (χ0v) is 14.6. The lowest BCUT2D eigenvalue weighted by molar-refractivity contribution is 0.0933. The Morgan fingerprint density at radius 1 is 1.28 bits per heavy atom. The largest absolute Gasteiger partial charge is 0.495 e. The fourth-order valence-corrected chi connectivity index (χ4v) is 3.26. The molecule has 1 N–H and O–H groups in total. The van der Waals surface area contributed by atoms with Crippen molar-refractivity contribution in [2.75, 3.05) is 25.1 Å². The third-order valence-electron chi connectivity index (χ3n) is 4.60. The molecule has 2 aromatic carbocycles. The SMILES string of the molecule is COc1ccccc1N1CCCC(NC(=O)c2ccc(F)c(C)c2)C1. The van der Waals surface area contributed by atoms with Gasteiger partial charge in [0.05, 0.1) is 12.8 Å². The molecule has 1 aliphatic heterocycles. The maximum Gasteiger partial charge on any atom is 0.251 e. The van der Waals surface area contributed by atoms with Crippen molar-refractivity contribution in [3.05, 3.63) is 59.4 Å². The maximum absolute atomic E-state index is 13.4. The van der Waals surface area contributed by atoms with Crippen LogP contribution in [0.3, 0.4) is 0 Å². The summed E-state index contributed by atoms with van der Waals surface area (Å²) in [6.45, 7) is 3.32. The molecule has 1 amide bonds. The van der Waals surface area contributed by atoms with Gasteiger partial charge in [-0.2, -0.15) is 0 Å². The van der Waals surface area contributed by atoms with E-state index in [4.69, 9.17) is 4.74 Å². The van der Waals surface area contributed by atoms with E-state index in [0.29, 0.717) is 11.1 Å². The number of ether oxygens (including phenoxy) is 1. The molecule has 0 saturated carbocycles. The van der Waals surface area contributed by atoms with Crippen molar-refractivity contribution in [2.24, 2.45) is 0 Å². The van der Waals surface area contributed by atoms with Crippen molar-refractivity contribution in [2.45, 2.75) is 25.8 Å². The van der Waals surface area contributed by atoms with E-state index >= 15 is 0 Å². The summed E-state index contributed by atoms with van der Waals surface area (Å²) in [5.74, 6) is 0.384. The zero-order chi connectivity index (χ0) is 17.8. The van der Waals surface area contributed by atoms with Crippen molar-refractivity contribution < 1.29 is 13.9 Å². The molecular weight excluding hydrogens is 319 g/mol. The molecule has 1 saturated heterocycles. The van der Waals surface area contributed by atoms with Crippen LogP contribution in [0.4, 0.5) is 10.1 Å². The Kier molecular flexibility index (Phi) is 5.22. The zero-order valence-electron chi connectivity index (χ0n) is 14.6. The lowest BCUT2D eigenvalue weighted by atomic mass is 10.0. The molecule has 1 fully saturated rings. The van der Waals surface area contributed by atoms with Gasteiger partial charge in [-0.1, -0.05) is 12.1 Å². The average molecular weight is 342 g/mol. The predicted molar refractivity (Wildman–Crippen MR) is 96.8 cm³/mol. The van der Waals surface area contributed by atoms with Gasteiger partial charge in [0.2, 0.25) is 0 Å². The minimum Gasteiger partial charge on any atom is -0.495 e. The van der Waals surface area contributed by atoms with E-state index in [2.05, 4.69) is 10.2 Å². The minimum absolute atomic E-state index is 0.0523. The normalized spacial score (nSPS) is 17.2. The number of nitrogens with one attached hydrogen (secondary N) is 1. The van der Waals surface area contributed by atoms with Gasteiger partial charge in [0.25, 0.3) is 5.91 Å². The molecule has 5 heteroatoms. The maximum atomic E-state index is 13.4. The number of nitrogens with zero attached hydrogens (tertiary/aromatic N) is 1. The van der Waals surface area contributed by atoms with E-state index in [1.807, 2.05) is 24.3 Å². The summed E-state index contributed by atoms with van der Waals surface area (Å²) in [4.78, 5) is 14.7. The second-order valence-electron chi connectivity index (χ2n) is 6.39. The van der Waals surface area contributed by atoms with E-state index in [1.165, 1.54) is 12.1 Å². The molecule has 0 spiro atoms. The number of carbonyl (C=O) groups is 1. The van der Waals surface area contributed by atoms with Crippen LogP contribution in [-0.4, -0.2) is 32.1 Å². The van der Waals surface area contributed by atoms with Crippen molar-refractivity contribution in [1.82, 2.24) is 5.32 Å². The van der Waals surface area contributed by atoms with Crippen LogP contribution < -0.4 is 15.0 Å². The second kappa shape index (κ2) is 7.55. The van der Waals surface area contributed by atoms with Crippen molar-refractivity contribution in [3.63, 3.8) is 0 Å². The number of anilines is 1. The summed E-state index contributed by atoms with van der Waals surface area (Å²) >= 11 is 0. The van der Waals surface area contributed by atoms with E-state index in [9.17, 15) is 9.18 Å². The summed E-state index contributed by atoms with van der Waals surface area (Å²) in [5, 5.41) is 3.08. The first-order valence-electron chi connectivity index (χ1n) is 8.53. The number of para-hydroxylation sites is 2. The highest BCUT2D eigenvalue weighted by Gasteiger charge is 2.23. The van der Waals surface area contributed by atoms with Gasteiger partial charge in [-0.05, 0) is 55.7 Å². The van der Waals surface area contributed by atoms with E-state index in [1.54, 1.807) is 20.1 Å². The molecule has 25 heavy (non-hydrogen) atoms. The molecule has 3 rings (SSSR count). The molecule has 4 nitrogen and oxygen atoms in total. The average Bonchev–Trinajstić information content (AvgIpc) is 2.64. The van der Waals surface area contributed by atoms with E-state index < -0.39 is 0 Å². The smallest absolute Gasteiger partial charge is 0.251 e. The monoisotopic (exact) mass is 342 g/mol. The molecule has 0 bridgehead atoms. The van der Waals surface area contributed by atoms with Gasteiger partial charge in [-0.15, -0.1) is 0 Å². The van der Waals surface area contributed by atoms with Crippen molar-refractivity contribution >= 4 is 11.6 Å². The Hall–Kier alpha value is -2.56. The van der Waals surface area contributed by atoms with Crippen molar-refractivity contribution in [1.29, 1.82) is 0 Å². The summed E-state index contributed by atoms with van der Waals surface area (Å²) in [6, 6.07) is 12.4. The molecule has 132 valence electrons. The summed E-state index contributed by atoms with van der Waals surface area (Å²) in [6.07, 6.45) is 1.92. The van der Waals surface area contributed by atoms with Gasteiger partial charge in [-0.3, -0.25) is 4.79 Å². The Labute approximate surface area is 147 Å². The quantitative estimate of drug-likeness (QED) is 0.924. The number of methoxy groups -OCH3 is 1. The first-order valence-corrected chi connectivity index (χ1v) is 8.53. The molecule has 1 aliphatic rings. The fraction of sp³-hybridized carbons (Fsp3) is 0.350. The summed E-state index contributed by atoms with van der Waals surface area (Å²) < 4.78 is 18.8. The standard InChI is InChI=1S/C20H23FN2O2/c1-14-12-15(9-10-17(14)21)20(24)22-16-6-5-11-23(13-16)18-7-3-4-8-19(18)25-2/h3-4,7-10,12,16H,5-6,11,13H2,1-2H3,(H,22,24). The van der Waals surface area contributed by atoms with Gasteiger partial charge in [0.1, 0.15) is 11.6 Å². The Balaban J connectivity index is 1.69. The molecule has 2 aromatic rings. The molecule has 0 radical (unpaired) electrons. The number of rotatable bonds is 4. The highest BCUT2D eigenvalue weighted by Crippen LogP contribution is 2.29. The van der Waals surface area contributed by atoms with Crippen LogP contribution in [0.5, 0.6) is 5.75 Å². The highest BCUT2D eigenvalue weighted by atomic mass is 19.1. The van der Waals surface area contributed by atoms with E-state index in [0.717, 1.165) is 37.4 Å². The number of halogens is 1. The highest BCUT2D eigenvalue weighted by molar-refractivity contribution is 5.94. The Bertz CT molecular complexity index is 763. The topological polar surface area (TPSA) is 41.6 Å². The number of hydrogen-bond donors (Lipinski definition) is 1. The Morgan fingerprint density at radius 3 is 2.84 bits per heavy atom. The second-order valence-corrected chi connectivity index (χ2v) is 6.39. The summed E-state index contributed by atoms with van der Waals surface area (Å²) in [7, 11) is 1.67. The molecule has 0 aliphatic carbocycles. The number of carbonyl (C=O) groups excluding carboxylic acids is 1. The minimum atomic E-state index is -0.295. The Morgan fingerprint density at radius 2 is 2.08 bits per heavy atom. The van der Waals surface area contributed by atoms with Gasteiger partial charge in [-0.25, -0.2) is 4.39 Å². The number of piperidine rings is 1. The lowest BCUT2D eigenvalue weighted by Crippen LogP contribution is -2.47. The first-order chi connectivity index (χ1) is 12.1.